The van der Waals surface area contributed by atoms with Gasteiger partial charge >= 0.3 is 6.03 Å². The zero-order chi connectivity index (χ0) is 18.9. The molecule has 0 fully saturated rings. The number of benzene rings is 2. The molecule has 0 aromatic heterocycles. The van der Waals surface area contributed by atoms with Crippen LogP contribution in [0.5, 0.6) is 11.5 Å². The molecule has 0 spiro atoms. The molecule has 2 aromatic rings. The van der Waals surface area contributed by atoms with Gasteiger partial charge in [-0.2, -0.15) is 0 Å². The molecule has 1 atom stereocenters. The van der Waals surface area contributed by atoms with Gasteiger partial charge in [0.05, 0.1) is 19.8 Å². The summed E-state index contributed by atoms with van der Waals surface area (Å²) in [7, 11) is 3.46. The molecule has 2 amide bonds. The van der Waals surface area contributed by atoms with E-state index < -0.39 is 0 Å². The van der Waals surface area contributed by atoms with Crippen molar-refractivity contribution in [1.29, 1.82) is 0 Å². The first kappa shape index (κ1) is 19.6. The van der Waals surface area contributed by atoms with Crippen LogP contribution in [0.25, 0.3) is 0 Å². The smallest absolute Gasteiger partial charge is 0.317 e. The van der Waals surface area contributed by atoms with E-state index in [2.05, 4.69) is 5.32 Å². The number of nitrogens with zero attached hydrogens (tertiary/aromatic N) is 1. The number of carbonyl (C=O) groups excluding carboxylic acids is 1. The number of rotatable bonds is 8. The first-order chi connectivity index (χ1) is 12.5. The number of hydrogen-bond acceptors (Lipinski definition) is 3. The molecule has 1 N–H and O–H groups in total. The molecule has 5 nitrogen and oxygen atoms in total. The van der Waals surface area contributed by atoms with Gasteiger partial charge in [0.25, 0.3) is 0 Å². The standard InChI is InChI=1S/C21H28N2O3/c1-5-26-19-11-8-10-18(15-19)16(2)22-21(24)23(3)14-13-17-9-6-7-12-20(17)25-4/h6-12,15-16H,5,13-14H2,1-4H3,(H,22,24). The second-order valence-corrected chi connectivity index (χ2v) is 6.16. The van der Waals surface area contributed by atoms with Gasteiger partial charge in [-0.3, -0.25) is 0 Å². The van der Waals surface area contributed by atoms with E-state index in [4.69, 9.17) is 9.47 Å². The summed E-state index contributed by atoms with van der Waals surface area (Å²) < 4.78 is 10.9. The minimum atomic E-state index is -0.103. The zero-order valence-electron chi connectivity index (χ0n) is 16.0. The van der Waals surface area contributed by atoms with E-state index in [9.17, 15) is 4.79 Å². The SMILES string of the molecule is CCOc1cccc(C(C)NC(=O)N(C)CCc2ccccc2OC)c1. The summed E-state index contributed by atoms with van der Waals surface area (Å²) >= 11 is 0. The van der Waals surface area contributed by atoms with Crippen molar-refractivity contribution in [2.24, 2.45) is 0 Å². The average molecular weight is 356 g/mol. The lowest BCUT2D eigenvalue weighted by molar-refractivity contribution is 0.206. The third-order valence-corrected chi connectivity index (χ3v) is 4.26. The number of methoxy groups -OCH3 is 1. The molecule has 26 heavy (non-hydrogen) atoms. The topological polar surface area (TPSA) is 50.8 Å². The van der Waals surface area contributed by atoms with Crippen LogP contribution in [0.15, 0.2) is 48.5 Å². The van der Waals surface area contributed by atoms with Gasteiger partial charge in [-0.15, -0.1) is 0 Å². The summed E-state index contributed by atoms with van der Waals surface area (Å²) in [5.74, 6) is 1.66. The van der Waals surface area contributed by atoms with E-state index >= 15 is 0 Å². The molecule has 0 aliphatic rings. The number of ether oxygens (including phenoxy) is 2. The minimum absolute atomic E-state index is 0.100. The summed E-state index contributed by atoms with van der Waals surface area (Å²) in [6.07, 6.45) is 0.738. The van der Waals surface area contributed by atoms with Crippen molar-refractivity contribution < 1.29 is 14.3 Å². The monoisotopic (exact) mass is 356 g/mol. The maximum atomic E-state index is 12.5. The Morgan fingerprint density at radius 1 is 1.19 bits per heavy atom. The summed E-state index contributed by atoms with van der Waals surface area (Å²) in [5, 5.41) is 3.03. The van der Waals surface area contributed by atoms with Crippen LogP contribution in [-0.2, 0) is 6.42 Å². The van der Waals surface area contributed by atoms with Crippen LogP contribution in [0.3, 0.4) is 0 Å². The largest absolute Gasteiger partial charge is 0.496 e. The Labute approximate surface area is 155 Å². The quantitative estimate of drug-likeness (QED) is 0.777. The highest BCUT2D eigenvalue weighted by Crippen LogP contribution is 2.20. The maximum Gasteiger partial charge on any atom is 0.317 e. The van der Waals surface area contributed by atoms with Crippen molar-refractivity contribution in [3.05, 3.63) is 59.7 Å². The van der Waals surface area contributed by atoms with Crippen LogP contribution < -0.4 is 14.8 Å². The van der Waals surface area contributed by atoms with Crippen molar-refractivity contribution in [3.8, 4) is 11.5 Å². The Balaban J connectivity index is 1.90. The molecule has 0 saturated carbocycles. The van der Waals surface area contributed by atoms with Gasteiger partial charge in [-0.1, -0.05) is 30.3 Å². The van der Waals surface area contributed by atoms with Crippen molar-refractivity contribution >= 4 is 6.03 Å². The van der Waals surface area contributed by atoms with Crippen LogP contribution in [-0.4, -0.2) is 38.2 Å². The minimum Gasteiger partial charge on any atom is -0.496 e. The Bertz CT molecular complexity index is 718. The fourth-order valence-electron chi connectivity index (χ4n) is 2.72. The van der Waals surface area contributed by atoms with E-state index in [1.54, 1.807) is 19.1 Å². The number of carbonyl (C=O) groups is 1. The molecular formula is C21H28N2O3. The lowest BCUT2D eigenvalue weighted by Crippen LogP contribution is -2.39. The van der Waals surface area contributed by atoms with Gasteiger partial charge in [-0.25, -0.2) is 4.79 Å². The third-order valence-electron chi connectivity index (χ3n) is 4.26. The van der Waals surface area contributed by atoms with Gasteiger partial charge in [-0.05, 0) is 49.6 Å². The van der Waals surface area contributed by atoms with E-state index in [1.165, 1.54) is 0 Å². The van der Waals surface area contributed by atoms with E-state index in [0.717, 1.165) is 29.0 Å². The summed E-state index contributed by atoms with van der Waals surface area (Å²) in [5.41, 5.74) is 2.11. The van der Waals surface area contributed by atoms with Crippen molar-refractivity contribution in [2.45, 2.75) is 26.3 Å². The Hall–Kier alpha value is -2.69. The number of urea groups is 1. The predicted octanol–water partition coefficient (Wildman–Crippen LogP) is 4.04. The number of para-hydroxylation sites is 1. The lowest BCUT2D eigenvalue weighted by Gasteiger charge is -2.22. The fraction of sp³-hybridized carbons (Fsp3) is 0.381. The molecule has 0 bridgehead atoms. The van der Waals surface area contributed by atoms with E-state index in [1.807, 2.05) is 62.4 Å². The molecule has 0 radical (unpaired) electrons. The highest BCUT2D eigenvalue weighted by atomic mass is 16.5. The van der Waals surface area contributed by atoms with Gasteiger partial charge in [0, 0.05) is 13.6 Å². The molecule has 140 valence electrons. The summed E-state index contributed by atoms with van der Waals surface area (Å²) in [4.78, 5) is 14.2. The lowest BCUT2D eigenvalue weighted by atomic mass is 10.1. The highest BCUT2D eigenvalue weighted by molar-refractivity contribution is 5.74. The normalized spacial score (nSPS) is 11.5. The Morgan fingerprint density at radius 2 is 1.96 bits per heavy atom. The zero-order valence-corrected chi connectivity index (χ0v) is 16.0. The average Bonchev–Trinajstić information content (AvgIpc) is 2.66. The first-order valence-electron chi connectivity index (χ1n) is 8.91. The fourth-order valence-corrected chi connectivity index (χ4v) is 2.72. The van der Waals surface area contributed by atoms with Gasteiger partial charge in [0.15, 0.2) is 0 Å². The molecule has 1 unspecified atom stereocenters. The third kappa shape index (κ3) is 5.41. The van der Waals surface area contributed by atoms with Gasteiger partial charge in [0.1, 0.15) is 11.5 Å². The summed E-state index contributed by atoms with van der Waals surface area (Å²) in [6, 6.07) is 15.5. The number of likely N-dealkylation sites (N-methyl/N-ethyl adjacent to an activating group) is 1. The molecular weight excluding hydrogens is 328 g/mol. The second kappa shape index (κ2) is 9.70. The van der Waals surface area contributed by atoms with Crippen molar-refractivity contribution in [3.63, 3.8) is 0 Å². The van der Waals surface area contributed by atoms with Crippen molar-refractivity contribution in [2.75, 3.05) is 27.3 Å². The van der Waals surface area contributed by atoms with Gasteiger partial charge in [0.2, 0.25) is 0 Å². The van der Waals surface area contributed by atoms with Crippen LogP contribution in [0.1, 0.15) is 31.0 Å². The molecule has 2 rings (SSSR count). The predicted molar refractivity (Wildman–Crippen MR) is 104 cm³/mol. The number of hydrogen-bond donors (Lipinski definition) is 1. The number of amides is 2. The molecule has 0 heterocycles. The molecule has 5 heteroatoms. The van der Waals surface area contributed by atoms with E-state index in [-0.39, 0.29) is 12.1 Å². The van der Waals surface area contributed by atoms with Crippen LogP contribution >= 0.6 is 0 Å². The second-order valence-electron chi connectivity index (χ2n) is 6.16. The number of nitrogens with one attached hydrogen (secondary N) is 1. The van der Waals surface area contributed by atoms with Crippen LogP contribution in [0, 0.1) is 0 Å². The molecule has 0 aliphatic carbocycles. The van der Waals surface area contributed by atoms with E-state index in [0.29, 0.717) is 13.2 Å². The highest BCUT2D eigenvalue weighted by Gasteiger charge is 2.14. The van der Waals surface area contributed by atoms with Crippen LogP contribution in [0.4, 0.5) is 4.79 Å². The van der Waals surface area contributed by atoms with Crippen LogP contribution in [0.2, 0.25) is 0 Å². The molecule has 0 aliphatic heterocycles. The molecule has 0 saturated heterocycles. The maximum absolute atomic E-state index is 12.5. The summed E-state index contributed by atoms with van der Waals surface area (Å²) in [6.45, 7) is 5.15. The van der Waals surface area contributed by atoms with Gasteiger partial charge < -0.3 is 19.7 Å². The Kier molecular flexibility index (Phi) is 7.33. The first-order valence-corrected chi connectivity index (χ1v) is 8.91. The van der Waals surface area contributed by atoms with Crippen molar-refractivity contribution in [1.82, 2.24) is 10.2 Å². The molecule has 2 aromatic carbocycles. The Morgan fingerprint density at radius 3 is 2.69 bits per heavy atom.